The average Bonchev–Trinajstić information content (AvgIpc) is 2.22. The quantitative estimate of drug-likeness (QED) is 0.612. The van der Waals surface area contributed by atoms with Gasteiger partial charge >= 0.3 is 12.3 Å². The van der Waals surface area contributed by atoms with Gasteiger partial charge in [0.15, 0.2) is 0 Å². The van der Waals surface area contributed by atoms with Crippen LogP contribution in [0.1, 0.15) is 12.8 Å². The molecule has 1 rings (SSSR count). The molecule has 7 heteroatoms. The summed E-state index contributed by atoms with van der Waals surface area (Å²) in [4.78, 5) is 10.2. The highest BCUT2D eigenvalue weighted by Crippen LogP contribution is 2.23. The fourth-order valence-corrected chi connectivity index (χ4v) is 1.24. The monoisotopic (exact) mass is 263 g/mol. The van der Waals surface area contributed by atoms with Gasteiger partial charge < -0.3 is 9.84 Å². The molecule has 0 unspecified atom stereocenters. The third-order valence-corrected chi connectivity index (χ3v) is 1.92. The van der Waals surface area contributed by atoms with E-state index in [4.69, 9.17) is 9.84 Å². The Balaban J connectivity index is 2.47. The lowest BCUT2D eigenvalue weighted by atomic mass is 10.3. The van der Waals surface area contributed by atoms with E-state index in [9.17, 15) is 18.0 Å². The van der Waals surface area contributed by atoms with Crippen molar-refractivity contribution in [3.05, 3.63) is 24.3 Å². The van der Waals surface area contributed by atoms with Gasteiger partial charge in [0.25, 0.3) is 0 Å². The second-order valence-electron chi connectivity index (χ2n) is 3.50. The smallest absolute Gasteiger partial charge is 0.482 e. The SMILES string of the molecule is O=C(O)CCCOc1cccc(NC(F)(F)F)c1. The molecule has 100 valence electrons. The summed E-state index contributed by atoms with van der Waals surface area (Å²) < 4.78 is 41.3. The van der Waals surface area contributed by atoms with Crippen molar-refractivity contribution in [2.45, 2.75) is 19.1 Å². The van der Waals surface area contributed by atoms with Crippen LogP contribution in [0.2, 0.25) is 0 Å². The van der Waals surface area contributed by atoms with Gasteiger partial charge in [-0.1, -0.05) is 6.07 Å². The van der Waals surface area contributed by atoms with Crippen molar-refractivity contribution >= 4 is 11.7 Å². The van der Waals surface area contributed by atoms with E-state index in [1.165, 1.54) is 29.6 Å². The first-order valence-corrected chi connectivity index (χ1v) is 5.16. The van der Waals surface area contributed by atoms with Crippen LogP contribution in [-0.4, -0.2) is 24.0 Å². The van der Waals surface area contributed by atoms with Crippen molar-refractivity contribution in [1.29, 1.82) is 0 Å². The van der Waals surface area contributed by atoms with Gasteiger partial charge in [0.1, 0.15) is 5.75 Å². The molecule has 0 fully saturated rings. The highest BCUT2D eigenvalue weighted by Gasteiger charge is 2.26. The molecule has 0 aliphatic rings. The van der Waals surface area contributed by atoms with Crippen LogP contribution >= 0.6 is 0 Å². The zero-order valence-corrected chi connectivity index (χ0v) is 9.33. The maximum absolute atomic E-state index is 12.1. The number of hydrogen-bond donors (Lipinski definition) is 2. The van der Waals surface area contributed by atoms with Crippen molar-refractivity contribution in [3.8, 4) is 5.75 Å². The molecule has 0 saturated carbocycles. The molecule has 0 aromatic heterocycles. The predicted molar refractivity (Wildman–Crippen MR) is 58.5 cm³/mol. The van der Waals surface area contributed by atoms with Gasteiger partial charge in [0.2, 0.25) is 0 Å². The highest BCUT2D eigenvalue weighted by molar-refractivity contribution is 5.66. The van der Waals surface area contributed by atoms with E-state index in [0.717, 1.165) is 0 Å². The number of alkyl halides is 3. The predicted octanol–water partition coefficient (Wildman–Crippen LogP) is 2.86. The number of anilines is 1. The number of rotatable bonds is 6. The second kappa shape index (κ2) is 6.13. The van der Waals surface area contributed by atoms with Gasteiger partial charge in [0, 0.05) is 18.2 Å². The maximum Gasteiger partial charge on any atom is 0.482 e. The van der Waals surface area contributed by atoms with E-state index in [1.807, 2.05) is 0 Å². The lowest BCUT2D eigenvalue weighted by molar-refractivity contribution is -0.137. The molecule has 4 nitrogen and oxygen atoms in total. The summed E-state index contributed by atoms with van der Waals surface area (Å²) in [6.45, 7) is 0.141. The van der Waals surface area contributed by atoms with Crippen LogP contribution < -0.4 is 10.1 Å². The van der Waals surface area contributed by atoms with Crippen LogP contribution in [0.3, 0.4) is 0 Å². The zero-order chi connectivity index (χ0) is 13.6. The molecule has 18 heavy (non-hydrogen) atoms. The molecule has 0 radical (unpaired) electrons. The molecule has 2 N–H and O–H groups in total. The van der Waals surface area contributed by atoms with Crippen molar-refractivity contribution in [1.82, 2.24) is 0 Å². The first-order chi connectivity index (χ1) is 8.37. The number of benzene rings is 1. The van der Waals surface area contributed by atoms with Gasteiger partial charge in [0.05, 0.1) is 6.61 Å². The molecule has 0 spiro atoms. The van der Waals surface area contributed by atoms with Gasteiger partial charge in [-0.25, -0.2) is 0 Å². The number of halogens is 3. The van der Waals surface area contributed by atoms with Crippen LogP contribution in [0.25, 0.3) is 0 Å². The van der Waals surface area contributed by atoms with Crippen LogP contribution in [0.4, 0.5) is 18.9 Å². The minimum absolute atomic E-state index is 0.0412. The fraction of sp³-hybridized carbons (Fsp3) is 0.364. The molecule has 0 saturated heterocycles. The van der Waals surface area contributed by atoms with E-state index in [1.54, 1.807) is 0 Å². The Morgan fingerprint density at radius 2 is 2.11 bits per heavy atom. The topological polar surface area (TPSA) is 58.6 Å². The third-order valence-electron chi connectivity index (χ3n) is 1.92. The Morgan fingerprint density at radius 1 is 1.39 bits per heavy atom. The van der Waals surface area contributed by atoms with Crippen LogP contribution in [0, 0.1) is 0 Å². The summed E-state index contributed by atoms with van der Waals surface area (Å²) in [7, 11) is 0. The lowest BCUT2D eigenvalue weighted by Gasteiger charge is -2.11. The van der Waals surface area contributed by atoms with E-state index in [0.29, 0.717) is 6.42 Å². The Labute approximate surface area is 101 Å². The van der Waals surface area contributed by atoms with Gasteiger partial charge in [-0.2, -0.15) is 13.2 Å². The van der Waals surface area contributed by atoms with Crippen molar-refractivity contribution in [2.24, 2.45) is 0 Å². The molecule has 0 heterocycles. The first kappa shape index (κ1) is 14.1. The van der Waals surface area contributed by atoms with E-state index in [-0.39, 0.29) is 24.5 Å². The Kier molecular flexibility index (Phi) is 4.82. The van der Waals surface area contributed by atoms with Crippen molar-refractivity contribution < 1.29 is 27.8 Å². The Hall–Kier alpha value is -1.92. The number of hydrogen-bond acceptors (Lipinski definition) is 3. The number of nitrogens with one attached hydrogen (secondary N) is 1. The molecule has 0 amide bonds. The van der Waals surface area contributed by atoms with E-state index >= 15 is 0 Å². The molecule has 0 aliphatic heterocycles. The van der Waals surface area contributed by atoms with Crippen LogP contribution in [-0.2, 0) is 4.79 Å². The molecule has 0 atom stereocenters. The molecule has 0 aliphatic carbocycles. The summed E-state index contributed by atoms with van der Waals surface area (Å²) in [5.41, 5.74) is -0.127. The van der Waals surface area contributed by atoms with Gasteiger partial charge in [-0.05, 0) is 18.6 Å². The third kappa shape index (κ3) is 5.97. The number of carboxylic acid groups (broad SMARTS) is 1. The number of carboxylic acids is 1. The lowest BCUT2D eigenvalue weighted by Crippen LogP contribution is -2.20. The zero-order valence-electron chi connectivity index (χ0n) is 9.33. The van der Waals surface area contributed by atoms with E-state index < -0.39 is 12.3 Å². The molecule has 1 aromatic carbocycles. The number of aliphatic carboxylic acids is 1. The highest BCUT2D eigenvalue weighted by atomic mass is 19.4. The summed E-state index contributed by atoms with van der Waals surface area (Å²) >= 11 is 0. The molecule has 1 aromatic rings. The molecular weight excluding hydrogens is 251 g/mol. The maximum atomic E-state index is 12.1. The normalized spacial score (nSPS) is 11.1. The molecule has 0 bridgehead atoms. The summed E-state index contributed by atoms with van der Waals surface area (Å²) in [6.07, 6.45) is -4.24. The first-order valence-electron chi connectivity index (χ1n) is 5.16. The minimum atomic E-state index is -4.50. The largest absolute Gasteiger partial charge is 0.494 e. The Morgan fingerprint density at radius 3 is 2.72 bits per heavy atom. The van der Waals surface area contributed by atoms with Crippen LogP contribution in [0.15, 0.2) is 24.3 Å². The fourth-order valence-electron chi connectivity index (χ4n) is 1.24. The second-order valence-corrected chi connectivity index (χ2v) is 3.50. The van der Waals surface area contributed by atoms with Crippen molar-refractivity contribution in [2.75, 3.05) is 11.9 Å². The van der Waals surface area contributed by atoms with Gasteiger partial charge in [-0.3, -0.25) is 10.1 Å². The summed E-state index contributed by atoms with van der Waals surface area (Å²) in [6, 6.07) is 5.38. The van der Waals surface area contributed by atoms with Crippen molar-refractivity contribution in [3.63, 3.8) is 0 Å². The minimum Gasteiger partial charge on any atom is -0.494 e. The Bertz CT molecular complexity index is 407. The van der Waals surface area contributed by atoms with Gasteiger partial charge in [-0.15, -0.1) is 0 Å². The summed E-state index contributed by atoms with van der Waals surface area (Å²) in [5, 5.41) is 9.75. The molecular formula is C11H12F3NO3. The number of ether oxygens (including phenoxy) is 1. The van der Waals surface area contributed by atoms with E-state index in [2.05, 4.69) is 0 Å². The standard InChI is InChI=1S/C11H12F3NO3/c12-11(13,14)15-8-3-1-4-9(7-8)18-6-2-5-10(16)17/h1,3-4,7,15H,2,5-6H2,(H,16,17). The summed E-state index contributed by atoms with van der Waals surface area (Å²) in [5.74, 6) is -0.680. The number of carbonyl (C=O) groups is 1. The average molecular weight is 263 g/mol. The van der Waals surface area contributed by atoms with Crippen LogP contribution in [0.5, 0.6) is 5.75 Å².